The molecular weight excluding hydrogens is 258 g/mol. The van der Waals surface area contributed by atoms with Crippen molar-refractivity contribution in [3.8, 4) is 0 Å². The summed E-state index contributed by atoms with van der Waals surface area (Å²) in [6.45, 7) is 11.5. The van der Waals surface area contributed by atoms with Crippen molar-refractivity contribution in [2.45, 2.75) is 72.4 Å². The average molecular weight is 285 g/mol. The summed E-state index contributed by atoms with van der Waals surface area (Å²) in [7, 11) is 0. The molecule has 0 heterocycles. The number of hydrogen-bond acceptors (Lipinski definition) is 3. The Bertz CT molecular complexity index is 386. The first-order valence-electron chi connectivity index (χ1n) is 7.07. The van der Waals surface area contributed by atoms with Crippen LogP contribution in [0.4, 0.5) is 4.79 Å². The molecule has 0 spiro atoms. The van der Waals surface area contributed by atoms with Crippen LogP contribution in [-0.4, -0.2) is 28.8 Å². The van der Waals surface area contributed by atoms with E-state index in [2.05, 4.69) is 5.32 Å². The standard InChI is InChI=1S/C15H27NO4/c1-13(2,3)11(15(7-8-15)9-10(17)18)16-12(19)20-14(4,5)6/h11H,7-9H2,1-6H3,(H,16,19)(H,17,18). The van der Waals surface area contributed by atoms with Crippen LogP contribution in [0.5, 0.6) is 0 Å². The van der Waals surface area contributed by atoms with Gasteiger partial charge in [0.15, 0.2) is 0 Å². The third-order valence-electron chi connectivity index (χ3n) is 3.53. The molecule has 20 heavy (non-hydrogen) atoms. The molecule has 1 atom stereocenters. The number of aliphatic carboxylic acids is 1. The highest BCUT2D eigenvalue weighted by Gasteiger charge is 2.55. The van der Waals surface area contributed by atoms with Crippen molar-refractivity contribution < 1.29 is 19.4 Å². The molecule has 0 bridgehead atoms. The summed E-state index contributed by atoms with van der Waals surface area (Å²) in [5, 5.41) is 12.0. The highest BCUT2D eigenvalue weighted by molar-refractivity contribution is 5.70. The molecule has 0 aromatic rings. The van der Waals surface area contributed by atoms with Gasteiger partial charge in [-0.05, 0) is 39.0 Å². The molecule has 0 radical (unpaired) electrons. The van der Waals surface area contributed by atoms with Gasteiger partial charge in [0.05, 0.1) is 6.42 Å². The van der Waals surface area contributed by atoms with Gasteiger partial charge >= 0.3 is 12.1 Å². The third-order valence-corrected chi connectivity index (χ3v) is 3.53. The van der Waals surface area contributed by atoms with Gasteiger partial charge in [0.1, 0.15) is 5.60 Å². The Balaban J connectivity index is 2.82. The molecule has 1 unspecified atom stereocenters. The highest BCUT2D eigenvalue weighted by Crippen LogP contribution is 2.55. The molecule has 0 saturated heterocycles. The van der Waals surface area contributed by atoms with Crippen molar-refractivity contribution >= 4 is 12.1 Å². The lowest BCUT2D eigenvalue weighted by molar-refractivity contribution is -0.139. The second kappa shape index (κ2) is 5.26. The molecule has 1 rings (SSSR count). The fraction of sp³-hybridized carbons (Fsp3) is 0.867. The SMILES string of the molecule is CC(C)(C)OC(=O)NC(C(C)(C)C)C1(CC(=O)O)CC1. The number of ether oxygens (including phenoxy) is 1. The second-order valence-corrected chi connectivity index (χ2v) is 7.88. The molecule has 1 saturated carbocycles. The van der Waals surface area contributed by atoms with Crippen LogP contribution in [0.2, 0.25) is 0 Å². The molecule has 1 amide bonds. The zero-order chi connectivity index (χ0) is 15.8. The Morgan fingerprint density at radius 1 is 1.20 bits per heavy atom. The number of amides is 1. The maximum atomic E-state index is 12.0. The van der Waals surface area contributed by atoms with Gasteiger partial charge in [-0.2, -0.15) is 0 Å². The molecule has 116 valence electrons. The lowest BCUT2D eigenvalue weighted by Gasteiger charge is -2.38. The van der Waals surface area contributed by atoms with Gasteiger partial charge in [0.2, 0.25) is 0 Å². The summed E-state index contributed by atoms with van der Waals surface area (Å²) in [5.41, 5.74) is -1.11. The predicted molar refractivity (Wildman–Crippen MR) is 76.5 cm³/mol. The minimum absolute atomic E-state index is 0.0880. The van der Waals surface area contributed by atoms with Gasteiger partial charge < -0.3 is 15.2 Å². The summed E-state index contributed by atoms with van der Waals surface area (Å²) in [4.78, 5) is 23.1. The Morgan fingerprint density at radius 3 is 2.00 bits per heavy atom. The van der Waals surface area contributed by atoms with E-state index in [0.717, 1.165) is 12.8 Å². The van der Waals surface area contributed by atoms with Crippen molar-refractivity contribution in [2.75, 3.05) is 0 Å². The molecule has 1 aliphatic rings. The smallest absolute Gasteiger partial charge is 0.407 e. The molecule has 0 aliphatic heterocycles. The largest absolute Gasteiger partial charge is 0.481 e. The summed E-state index contributed by atoms with van der Waals surface area (Å²) < 4.78 is 5.29. The summed E-state index contributed by atoms with van der Waals surface area (Å²) in [6.07, 6.45) is 1.27. The minimum atomic E-state index is -0.817. The van der Waals surface area contributed by atoms with Gasteiger partial charge in [0, 0.05) is 11.5 Å². The van der Waals surface area contributed by atoms with Crippen LogP contribution in [-0.2, 0) is 9.53 Å². The van der Waals surface area contributed by atoms with Gasteiger partial charge in [-0.3, -0.25) is 4.79 Å². The molecule has 2 N–H and O–H groups in total. The topological polar surface area (TPSA) is 75.6 Å². The van der Waals surface area contributed by atoms with Gasteiger partial charge in [-0.1, -0.05) is 20.8 Å². The Labute approximate surface area is 121 Å². The van der Waals surface area contributed by atoms with E-state index in [-0.39, 0.29) is 23.3 Å². The first-order chi connectivity index (χ1) is 8.86. The number of carboxylic acids is 1. The van der Waals surface area contributed by atoms with E-state index in [1.54, 1.807) is 0 Å². The van der Waals surface area contributed by atoms with Crippen molar-refractivity contribution in [3.05, 3.63) is 0 Å². The lowest BCUT2D eigenvalue weighted by Crippen LogP contribution is -2.51. The molecule has 1 aliphatic carbocycles. The van der Waals surface area contributed by atoms with E-state index in [9.17, 15) is 9.59 Å². The van der Waals surface area contributed by atoms with Crippen LogP contribution in [0.1, 0.15) is 60.8 Å². The summed E-state index contributed by atoms with van der Waals surface area (Å²) in [5.74, 6) is -0.817. The zero-order valence-electron chi connectivity index (χ0n) is 13.4. The molecule has 5 nitrogen and oxygen atoms in total. The number of carboxylic acid groups (broad SMARTS) is 1. The first-order valence-corrected chi connectivity index (χ1v) is 7.07. The van der Waals surface area contributed by atoms with Crippen molar-refractivity contribution in [1.29, 1.82) is 0 Å². The fourth-order valence-corrected chi connectivity index (χ4v) is 2.74. The monoisotopic (exact) mass is 285 g/mol. The van der Waals surface area contributed by atoms with Gasteiger partial charge in [-0.25, -0.2) is 4.79 Å². The number of hydrogen-bond donors (Lipinski definition) is 2. The van der Waals surface area contributed by atoms with E-state index >= 15 is 0 Å². The fourth-order valence-electron chi connectivity index (χ4n) is 2.74. The Hall–Kier alpha value is -1.26. The lowest BCUT2D eigenvalue weighted by atomic mass is 9.75. The van der Waals surface area contributed by atoms with Crippen LogP contribution in [0, 0.1) is 10.8 Å². The quantitative estimate of drug-likeness (QED) is 0.831. The van der Waals surface area contributed by atoms with E-state index in [4.69, 9.17) is 9.84 Å². The average Bonchev–Trinajstić information content (AvgIpc) is 2.89. The number of alkyl carbamates (subject to hydrolysis) is 1. The summed E-state index contributed by atoms with van der Waals surface area (Å²) >= 11 is 0. The summed E-state index contributed by atoms with van der Waals surface area (Å²) in [6, 6.07) is -0.207. The van der Waals surface area contributed by atoms with E-state index in [1.807, 2.05) is 41.5 Å². The number of carbonyl (C=O) groups excluding carboxylic acids is 1. The van der Waals surface area contributed by atoms with E-state index < -0.39 is 17.7 Å². The van der Waals surface area contributed by atoms with Crippen LogP contribution in [0.3, 0.4) is 0 Å². The number of rotatable bonds is 4. The molecule has 5 heteroatoms. The van der Waals surface area contributed by atoms with Gasteiger partial charge in [0.25, 0.3) is 0 Å². The molecular formula is C15H27NO4. The van der Waals surface area contributed by atoms with Crippen molar-refractivity contribution in [1.82, 2.24) is 5.32 Å². The van der Waals surface area contributed by atoms with Crippen LogP contribution < -0.4 is 5.32 Å². The first kappa shape index (κ1) is 16.8. The zero-order valence-corrected chi connectivity index (χ0v) is 13.4. The normalized spacial score (nSPS) is 19.1. The maximum absolute atomic E-state index is 12.0. The highest BCUT2D eigenvalue weighted by atomic mass is 16.6. The molecule has 1 fully saturated rings. The van der Waals surface area contributed by atoms with E-state index in [1.165, 1.54) is 0 Å². The molecule has 0 aromatic heterocycles. The van der Waals surface area contributed by atoms with E-state index in [0.29, 0.717) is 0 Å². The third kappa shape index (κ3) is 4.69. The number of carbonyl (C=O) groups is 2. The predicted octanol–water partition coefficient (Wildman–Crippen LogP) is 3.18. The van der Waals surface area contributed by atoms with Crippen LogP contribution in [0.15, 0.2) is 0 Å². The van der Waals surface area contributed by atoms with Crippen molar-refractivity contribution in [3.63, 3.8) is 0 Å². The van der Waals surface area contributed by atoms with Gasteiger partial charge in [-0.15, -0.1) is 0 Å². The van der Waals surface area contributed by atoms with Crippen LogP contribution in [0.25, 0.3) is 0 Å². The number of nitrogens with one attached hydrogen (secondary N) is 1. The minimum Gasteiger partial charge on any atom is -0.481 e. The Kier molecular flexibility index (Phi) is 4.42. The second-order valence-electron chi connectivity index (χ2n) is 7.88. The van der Waals surface area contributed by atoms with Crippen molar-refractivity contribution in [2.24, 2.45) is 10.8 Å². The molecule has 0 aromatic carbocycles. The maximum Gasteiger partial charge on any atom is 0.407 e. The Morgan fingerprint density at radius 2 is 1.70 bits per heavy atom. The van der Waals surface area contributed by atoms with Crippen LogP contribution >= 0.6 is 0 Å².